The summed E-state index contributed by atoms with van der Waals surface area (Å²) in [5.41, 5.74) is 23.6. The molecule has 0 saturated carbocycles. The molecule has 0 N–H and O–H groups in total. The topological polar surface area (TPSA) is 0 Å². The second-order valence-corrected chi connectivity index (χ2v) is 16.6. The Bertz CT molecular complexity index is 3380. The van der Waals surface area contributed by atoms with Crippen LogP contribution >= 0.6 is 0 Å². The maximum Gasteiger partial charge on any atom is 0.0205 e. The zero-order chi connectivity index (χ0) is 39.3. The van der Waals surface area contributed by atoms with Crippen LogP contribution in [0, 0.1) is 11.8 Å². The molecule has 0 heteroatoms. The van der Waals surface area contributed by atoms with E-state index in [1.807, 2.05) is 0 Å². The van der Waals surface area contributed by atoms with Gasteiger partial charge in [-0.25, -0.2) is 0 Å². The smallest absolute Gasteiger partial charge is 0.0205 e. The normalized spacial score (nSPS) is 16.6. The lowest BCUT2D eigenvalue weighted by molar-refractivity contribution is 0.725. The Labute approximate surface area is 350 Å². The molecule has 0 aliphatic heterocycles. The van der Waals surface area contributed by atoms with Crippen molar-refractivity contribution in [2.24, 2.45) is 11.8 Å². The van der Waals surface area contributed by atoms with Crippen molar-refractivity contribution in [2.75, 3.05) is 0 Å². The highest BCUT2D eigenvalue weighted by molar-refractivity contribution is 6.29. The van der Waals surface area contributed by atoms with Crippen molar-refractivity contribution in [1.82, 2.24) is 0 Å². The van der Waals surface area contributed by atoms with Gasteiger partial charge in [0.25, 0.3) is 0 Å². The fourth-order valence-corrected chi connectivity index (χ4v) is 11.1. The molecule has 0 bridgehead atoms. The Balaban J connectivity index is 1.06. The zero-order valence-electron chi connectivity index (χ0n) is 32.9. The van der Waals surface area contributed by atoms with Gasteiger partial charge in [0.15, 0.2) is 0 Å². The van der Waals surface area contributed by atoms with E-state index < -0.39 is 0 Å². The van der Waals surface area contributed by atoms with Crippen LogP contribution < -0.4 is 0 Å². The monoisotopic (exact) mass is 758 g/mol. The predicted octanol–water partition coefficient (Wildman–Crippen LogP) is 16.0. The molecular formula is C60H38. The number of hydrogen-bond acceptors (Lipinski definition) is 0. The lowest BCUT2D eigenvalue weighted by Gasteiger charge is -2.31. The molecule has 9 aromatic rings. The SMILES string of the molecule is C1=CC2C(c3ccccc3)=CC=C3c4cc(-c5ccc6c(-c7ccccc7)c7c(c(-c8ccccc8)c6c5)-c5cccc6c(-c8ccccc8)ccc-7c56)ccc4C(=C1)C32. The van der Waals surface area contributed by atoms with E-state index in [1.165, 1.54) is 122 Å². The molecule has 4 aliphatic carbocycles. The summed E-state index contributed by atoms with van der Waals surface area (Å²) >= 11 is 0. The molecule has 2 atom stereocenters. The predicted molar refractivity (Wildman–Crippen MR) is 254 cm³/mol. The van der Waals surface area contributed by atoms with Crippen LogP contribution in [-0.2, 0) is 0 Å². The summed E-state index contributed by atoms with van der Waals surface area (Å²) in [5, 5.41) is 5.18. The third kappa shape index (κ3) is 4.79. The minimum atomic E-state index is 0.327. The Morgan fingerprint density at radius 3 is 1.55 bits per heavy atom. The minimum absolute atomic E-state index is 0.327. The highest BCUT2D eigenvalue weighted by Gasteiger charge is 2.40. The van der Waals surface area contributed by atoms with Gasteiger partial charge in [-0.15, -0.1) is 0 Å². The van der Waals surface area contributed by atoms with E-state index in [2.05, 4.69) is 218 Å². The first kappa shape index (κ1) is 33.4. The molecule has 0 aromatic heterocycles. The van der Waals surface area contributed by atoms with Gasteiger partial charge in [-0.3, -0.25) is 0 Å². The Kier molecular flexibility index (Phi) is 7.23. The first-order chi connectivity index (χ1) is 29.8. The van der Waals surface area contributed by atoms with Crippen LogP contribution in [-0.4, -0.2) is 0 Å². The molecule has 0 spiro atoms. The van der Waals surface area contributed by atoms with Crippen LogP contribution in [0.2, 0.25) is 0 Å². The lowest BCUT2D eigenvalue weighted by Crippen LogP contribution is -2.18. The van der Waals surface area contributed by atoms with Crippen LogP contribution in [0.15, 0.2) is 218 Å². The van der Waals surface area contributed by atoms with E-state index in [9.17, 15) is 0 Å². The zero-order valence-corrected chi connectivity index (χ0v) is 32.9. The van der Waals surface area contributed by atoms with Gasteiger partial charge in [-0.1, -0.05) is 206 Å². The summed E-state index contributed by atoms with van der Waals surface area (Å²) in [6, 6.07) is 70.0. The Hall–Kier alpha value is -7.54. The van der Waals surface area contributed by atoms with Gasteiger partial charge in [-0.2, -0.15) is 0 Å². The van der Waals surface area contributed by atoms with Crippen molar-refractivity contribution in [3.8, 4) is 66.8 Å². The van der Waals surface area contributed by atoms with Crippen LogP contribution in [0.5, 0.6) is 0 Å². The second kappa shape index (κ2) is 13.0. The van der Waals surface area contributed by atoms with Gasteiger partial charge in [0, 0.05) is 11.8 Å². The first-order valence-corrected chi connectivity index (χ1v) is 21.2. The second-order valence-electron chi connectivity index (χ2n) is 16.6. The summed E-state index contributed by atoms with van der Waals surface area (Å²) in [7, 11) is 0. The van der Waals surface area contributed by atoms with Crippen molar-refractivity contribution in [1.29, 1.82) is 0 Å². The quantitative estimate of drug-likeness (QED) is 0.164. The standard InChI is InChI=1S/C60H38/c1-5-15-37(16-6-1)43-31-33-49-53-35-41(27-29-45(53)48-25-13-23-46(43)57(48)49)42-28-30-50-54(36-42)56(40-21-11-4-12-22-40)59-51-26-14-24-47-44(38-17-7-2-8-18-38)32-34-52(58(47)51)60(59)55(50)39-19-9-3-10-20-39/h1-36,46,57H. The Morgan fingerprint density at radius 2 is 0.833 bits per heavy atom. The lowest BCUT2D eigenvalue weighted by atomic mass is 9.72. The van der Waals surface area contributed by atoms with Gasteiger partial charge >= 0.3 is 0 Å². The third-order valence-electron chi connectivity index (χ3n) is 13.6. The summed E-state index contributed by atoms with van der Waals surface area (Å²) in [4.78, 5) is 0. The fourth-order valence-electron chi connectivity index (χ4n) is 11.1. The molecule has 278 valence electrons. The van der Waals surface area contributed by atoms with E-state index >= 15 is 0 Å². The van der Waals surface area contributed by atoms with Crippen LogP contribution in [0.3, 0.4) is 0 Å². The molecule has 0 amide bonds. The number of fused-ring (bicyclic) bond motifs is 7. The van der Waals surface area contributed by atoms with Gasteiger partial charge < -0.3 is 0 Å². The molecule has 13 rings (SSSR count). The van der Waals surface area contributed by atoms with Crippen LogP contribution in [0.25, 0.3) is 105 Å². The molecule has 9 aromatic carbocycles. The number of hydrogen-bond donors (Lipinski definition) is 0. The molecule has 0 saturated heterocycles. The molecule has 0 fully saturated rings. The largest absolute Gasteiger partial charge is 0.0760 e. The van der Waals surface area contributed by atoms with Gasteiger partial charge in [0.05, 0.1) is 0 Å². The van der Waals surface area contributed by atoms with Crippen molar-refractivity contribution in [3.63, 3.8) is 0 Å². The summed E-state index contributed by atoms with van der Waals surface area (Å²) in [6.07, 6.45) is 11.8. The molecule has 2 unspecified atom stereocenters. The van der Waals surface area contributed by atoms with Gasteiger partial charge in [0.2, 0.25) is 0 Å². The number of allylic oxidation sites excluding steroid dienone is 8. The molecule has 60 heavy (non-hydrogen) atoms. The van der Waals surface area contributed by atoms with E-state index in [0.717, 1.165) is 0 Å². The van der Waals surface area contributed by atoms with Gasteiger partial charge in [-0.05, 0) is 134 Å². The van der Waals surface area contributed by atoms with Gasteiger partial charge in [0.1, 0.15) is 0 Å². The van der Waals surface area contributed by atoms with E-state index in [4.69, 9.17) is 0 Å². The average molecular weight is 759 g/mol. The molecule has 4 aliphatic rings. The van der Waals surface area contributed by atoms with E-state index in [0.29, 0.717) is 11.8 Å². The summed E-state index contributed by atoms with van der Waals surface area (Å²) in [5.74, 6) is 0.665. The van der Waals surface area contributed by atoms with Crippen molar-refractivity contribution in [2.45, 2.75) is 0 Å². The summed E-state index contributed by atoms with van der Waals surface area (Å²) < 4.78 is 0. The minimum Gasteiger partial charge on any atom is -0.0760 e. The molecule has 0 radical (unpaired) electrons. The highest BCUT2D eigenvalue weighted by atomic mass is 14.4. The highest BCUT2D eigenvalue weighted by Crippen LogP contribution is 2.60. The van der Waals surface area contributed by atoms with Crippen LogP contribution in [0.4, 0.5) is 0 Å². The average Bonchev–Trinajstić information content (AvgIpc) is 3.83. The van der Waals surface area contributed by atoms with E-state index in [-0.39, 0.29) is 0 Å². The van der Waals surface area contributed by atoms with Crippen LogP contribution in [0.1, 0.15) is 16.7 Å². The first-order valence-electron chi connectivity index (χ1n) is 21.2. The van der Waals surface area contributed by atoms with E-state index in [1.54, 1.807) is 0 Å². The maximum atomic E-state index is 2.49. The van der Waals surface area contributed by atoms with Crippen molar-refractivity contribution < 1.29 is 0 Å². The van der Waals surface area contributed by atoms with Crippen molar-refractivity contribution in [3.05, 3.63) is 235 Å². The third-order valence-corrected chi connectivity index (χ3v) is 13.6. The van der Waals surface area contributed by atoms with Crippen molar-refractivity contribution >= 4 is 38.3 Å². The molecule has 0 heterocycles. The fraction of sp³-hybridized carbons (Fsp3) is 0.0333. The molecular weight excluding hydrogens is 721 g/mol. The Morgan fingerprint density at radius 1 is 0.283 bits per heavy atom. The molecule has 0 nitrogen and oxygen atoms in total. The summed E-state index contributed by atoms with van der Waals surface area (Å²) in [6.45, 7) is 0. The maximum absolute atomic E-state index is 2.49. The number of benzene rings is 9. The number of rotatable bonds is 5.